The number of nitrogens with one attached hydrogen (secondary N) is 1. The van der Waals surface area contributed by atoms with Crippen LogP contribution in [0.5, 0.6) is 0 Å². The number of benzene rings is 2. The molecule has 0 aromatic heterocycles. The Morgan fingerprint density at radius 2 is 1.65 bits per heavy atom. The summed E-state index contributed by atoms with van der Waals surface area (Å²) in [5, 5.41) is 0. The standard InChI is InChI=1S/C20H25FN2O2S/c21-19-6-8-20(9-7-19)26(24,25)22-12-15-23-13-10-18(11-14-23)16-17-4-2-1-3-5-17/h1-9,18,22H,10-16H2. The highest BCUT2D eigenvalue weighted by Gasteiger charge is 2.20. The normalized spacial score (nSPS) is 16.7. The van der Waals surface area contributed by atoms with Gasteiger partial charge in [-0.05, 0) is 68.1 Å². The quantitative estimate of drug-likeness (QED) is 0.808. The number of piperidine rings is 1. The van der Waals surface area contributed by atoms with E-state index < -0.39 is 15.8 Å². The Balaban J connectivity index is 1.40. The molecule has 0 aliphatic carbocycles. The molecule has 0 amide bonds. The van der Waals surface area contributed by atoms with Crippen molar-refractivity contribution in [3.8, 4) is 0 Å². The van der Waals surface area contributed by atoms with Gasteiger partial charge in [-0.1, -0.05) is 30.3 Å². The van der Waals surface area contributed by atoms with Crippen molar-refractivity contribution in [3.05, 3.63) is 66.0 Å². The second-order valence-corrected chi connectivity index (χ2v) is 8.59. The van der Waals surface area contributed by atoms with Gasteiger partial charge >= 0.3 is 0 Å². The summed E-state index contributed by atoms with van der Waals surface area (Å²) in [6.07, 6.45) is 3.39. The SMILES string of the molecule is O=S(=O)(NCCN1CCC(Cc2ccccc2)CC1)c1ccc(F)cc1. The fourth-order valence-electron chi connectivity index (χ4n) is 3.40. The molecule has 26 heavy (non-hydrogen) atoms. The Morgan fingerprint density at radius 3 is 2.31 bits per heavy atom. The monoisotopic (exact) mass is 376 g/mol. The van der Waals surface area contributed by atoms with Gasteiger partial charge in [0.2, 0.25) is 10.0 Å². The van der Waals surface area contributed by atoms with E-state index in [0.717, 1.165) is 44.5 Å². The molecule has 1 saturated heterocycles. The largest absolute Gasteiger partial charge is 0.302 e. The Labute approximate surface area is 155 Å². The van der Waals surface area contributed by atoms with Crippen LogP contribution in [0.3, 0.4) is 0 Å². The minimum Gasteiger partial charge on any atom is -0.302 e. The minimum absolute atomic E-state index is 0.0977. The summed E-state index contributed by atoms with van der Waals surface area (Å²) in [7, 11) is -3.57. The number of nitrogens with zero attached hydrogens (tertiary/aromatic N) is 1. The predicted octanol–water partition coefficient (Wildman–Crippen LogP) is 3.06. The van der Waals surface area contributed by atoms with Gasteiger partial charge in [-0.25, -0.2) is 17.5 Å². The van der Waals surface area contributed by atoms with Crippen LogP contribution in [-0.4, -0.2) is 39.5 Å². The van der Waals surface area contributed by atoms with Crippen LogP contribution in [0, 0.1) is 11.7 Å². The van der Waals surface area contributed by atoms with E-state index in [4.69, 9.17) is 0 Å². The van der Waals surface area contributed by atoms with E-state index in [-0.39, 0.29) is 4.90 Å². The van der Waals surface area contributed by atoms with E-state index in [1.807, 2.05) is 6.07 Å². The topological polar surface area (TPSA) is 49.4 Å². The van der Waals surface area contributed by atoms with E-state index >= 15 is 0 Å². The van der Waals surface area contributed by atoms with Crippen LogP contribution >= 0.6 is 0 Å². The van der Waals surface area contributed by atoms with Crippen molar-refractivity contribution in [1.82, 2.24) is 9.62 Å². The summed E-state index contributed by atoms with van der Waals surface area (Å²) in [6, 6.07) is 15.4. The number of hydrogen-bond donors (Lipinski definition) is 1. The summed E-state index contributed by atoms with van der Waals surface area (Å²) in [4.78, 5) is 2.40. The Hall–Kier alpha value is -1.76. The fourth-order valence-corrected chi connectivity index (χ4v) is 4.42. The lowest BCUT2D eigenvalue weighted by atomic mass is 9.90. The molecule has 1 heterocycles. The second-order valence-electron chi connectivity index (χ2n) is 6.83. The molecule has 0 saturated carbocycles. The van der Waals surface area contributed by atoms with Crippen LogP contribution in [-0.2, 0) is 16.4 Å². The highest BCUT2D eigenvalue weighted by Crippen LogP contribution is 2.21. The molecule has 4 nitrogen and oxygen atoms in total. The maximum atomic E-state index is 12.9. The van der Waals surface area contributed by atoms with Crippen LogP contribution in [0.4, 0.5) is 4.39 Å². The predicted molar refractivity (Wildman–Crippen MR) is 101 cm³/mol. The van der Waals surface area contributed by atoms with Gasteiger partial charge < -0.3 is 4.90 Å². The third-order valence-corrected chi connectivity index (χ3v) is 6.40. The highest BCUT2D eigenvalue weighted by atomic mass is 32.2. The molecule has 0 spiro atoms. The Kier molecular flexibility index (Phi) is 6.40. The van der Waals surface area contributed by atoms with Gasteiger partial charge in [0.25, 0.3) is 0 Å². The van der Waals surface area contributed by atoms with Crippen LogP contribution in [0.1, 0.15) is 18.4 Å². The molecule has 2 aromatic rings. The minimum atomic E-state index is -3.57. The summed E-state index contributed by atoms with van der Waals surface area (Å²) in [5.74, 6) is 0.256. The molecule has 2 aromatic carbocycles. The fraction of sp³-hybridized carbons (Fsp3) is 0.400. The van der Waals surface area contributed by atoms with Gasteiger partial charge in [-0.15, -0.1) is 0 Å². The zero-order valence-electron chi connectivity index (χ0n) is 14.8. The molecule has 1 aliphatic heterocycles. The first-order chi connectivity index (χ1) is 12.5. The molecule has 0 radical (unpaired) electrons. The Bertz CT molecular complexity index is 786. The van der Waals surface area contributed by atoms with Crippen LogP contribution in [0.2, 0.25) is 0 Å². The van der Waals surface area contributed by atoms with Gasteiger partial charge in [0.15, 0.2) is 0 Å². The first-order valence-electron chi connectivity index (χ1n) is 9.04. The zero-order valence-corrected chi connectivity index (χ0v) is 15.6. The lowest BCUT2D eigenvalue weighted by Gasteiger charge is -2.32. The summed E-state index contributed by atoms with van der Waals surface area (Å²) < 4.78 is 39.9. The summed E-state index contributed by atoms with van der Waals surface area (Å²) in [5.41, 5.74) is 1.39. The molecule has 1 fully saturated rings. The van der Waals surface area contributed by atoms with Gasteiger partial charge in [-0.3, -0.25) is 0 Å². The van der Waals surface area contributed by atoms with Crippen molar-refractivity contribution in [2.24, 2.45) is 5.92 Å². The van der Waals surface area contributed by atoms with E-state index in [1.54, 1.807) is 0 Å². The molecule has 3 rings (SSSR count). The zero-order chi connectivity index (χ0) is 18.4. The van der Waals surface area contributed by atoms with Gasteiger partial charge in [-0.2, -0.15) is 0 Å². The second kappa shape index (κ2) is 8.75. The van der Waals surface area contributed by atoms with Gasteiger partial charge in [0, 0.05) is 13.1 Å². The molecule has 1 aliphatic rings. The highest BCUT2D eigenvalue weighted by molar-refractivity contribution is 7.89. The molecule has 140 valence electrons. The number of likely N-dealkylation sites (tertiary alicyclic amines) is 1. The molecule has 0 bridgehead atoms. The maximum absolute atomic E-state index is 12.9. The third-order valence-electron chi connectivity index (χ3n) is 4.92. The molecular weight excluding hydrogens is 351 g/mol. The van der Waals surface area contributed by atoms with Crippen molar-refractivity contribution in [3.63, 3.8) is 0 Å². The number of sulfonamides is 1. The van der Waals surface area contributed by atoms with Crippen LogP contribution in [0.25, 0.3) is 0 Å². The Morgan fingerprint density at radius 1 is 1.00 bits per heavy atom. The first kappa shape index (κ1) is 19.0. The lowest BCUT2D eigenvalue weighted by Crippen LogP contribution is -2.39. The third kappa shape index (κ3) is 5.37. The van der Waals surface area contributed by atoms with Crippen LogP contribution < -0.4 is 4.72 Å². The lowest BCUT2D eigenvalue weighted by molar-refractivity contribution is 0.187. The van der Waals surface area contributed by atoms with Gasteiger partial charge in [0.05, 0.1) is 4.90 Å². The number of halogens is 1. The molecule has 6 heteroatoms. The maximum Gasteiger partial charge on any atom is 0.240 e. The number of rotatable bonds is 7. The van der Waals surface area contributed by atoms with Crippen molar-refractivity contribution in [2.45, 2.75) is 24.2 Å². The van der Waals surface area contributed by atoms with E-state index in [2.05, 4.69) is 33.9 Å². The van der Waals surface area contributed by atoms with Gasteiger partial charge in [0.1, 0.15) is 5.82 Å². The molecular formula is C20H25FN2O2S. The van der Waals surface area contributed by atoms with Crippen molar-refractivity contribution >= 4 is 10.0 Å². The molecule has 0 atom stereocenters. The molecule has 1 N–H and O–H groups in total. The number of hydrogen-bond acceptors (Lipinski definition) is 3. The first-order valence-corrected chi connectivity index (χ1v) is 10.5. The van der Waals surface area contributed by atoms with Crippen molar-refractivity contribution in [1.29, 1.82) is 0 Å². The molecule has 0 unspecified atom stereocenters. The van der Waals surface area contributed by atoms with Crippen molar-refractivity contribution in [2.75, 3.05) is 26.2 Å². The van der Waals surface area contributed by atoms with Crippen molar-refractivity contribution < 1.29 is 12.8 Å². The van der Waals surface area contributed by atoms with Crippen LogP contribution in [0.15, 0.2) is 59.5 Å². The summed E-state index contributed by atoms with van der Waals surface area (Å²) in [6.45, 7) is 3.05. The average Bonchev–Trinajstić information content (AvgIpc) is 2.64. The van der Waals surface area contributed by atoms with E-state index in [1.165, 1.54) is 17.7 Å². The average molecular weight is 376 g/mol. The van der Waals surface area contributed by atoms with E-state index in [9.17, 15) is 12.8 Å². The smallest absolute Gasteiger partial charge is 0.240 e. The summed E-state index contributed by atoms with van der Waals surface area (Å²) >= 11 is 0. The van der Waals surface area contributed by atoms with E-state index in [0.29, 0.717) is 19.0 Å².